The first-order valence-corrected chi connectivity index (χ1v) is 8.05. The second-order valence-electron chi connectivity index (χ2n) is 4.60. The van der Waals surface area contributed by atoms with Gasteiger partial charge in [0.15, 0.2) is 7.37 Å². The number of carbonyl (C=O) groups is 1. The summed E-state index contributed by atoms with van der Waals surface area (Å²) in [4.78, 5) is 22.1. The standard InChI is InChI=1S/C10H21N2O3P/c1-16(14,15)8-7-12(10(11)13)9-5-3-2-4-6-9/h9H,2-8H2,1H3,(H2,11,13)(H,14,15). The molecule has 1 unspecified atom stereocenters. The van der Waals surface area contributed by atoms with Crippen molar-refractivity contribution in [3.05, 3.63) is 0 Å². The Kier molecular flexibility index (Phi) is 4.81. The molecule has 1 aliphatic rings. The van der Waals surface area contributed by atoms with E-state index in [1.165, 1.54) is 13.1 Å². The third kappa shape index (κ3) is 4.54. The van der Waals surface area contributed by atoms with Crippen LogP contribution in [0.5, 0.6) is 0 Å². The summed E-state index contributed by atoms with van der Waals surface area (Å²) in [6.07, 6.45) is 5.47. The van der Waals surface area contributed by atoms with Crippen LogP contribution in [0.4, 0.5) is 4.79 Å². The number of amides is 2. The van der Waals surface area contributed by atoms with Gasteiger partial charge >= 0.3 is 6.03 Å². The van der Waals surface area contributed by atoms with Crippen LogP contribution in [0.25, 0.3) is 0 Å². The Balaban J connectivity index is 2.53. The first-order valence-electron chi connectivity index (χ1n) is 5.75. The van der Waals surface area contributed by atoms with Crippen LogP contribution in [0.3, 0.4) is 0 Å². The highest BCUT2D eigenvalue weighted by atomic mass is 31.2. The highest BCUT2D eigenvalue weighted by Crippen LogP contribution is 2.35. The highest BCUT2D eigenvalue weighted by molar-refractivity contribution is 7.57. The minimum Gasteiger partial charge on any atom is -0.351 e. The maximum absolute atomic E-state index is 11.3. The van der Waals surface area contributed by atoms with Gasteiger partial charge in [-0.1, -0.05) is 19.3 Å². The first-order chi connectivity index (χ1) is 7.40. The molecular weight excluding hydrogens is 227 g/mol. The topological polar surface area (TPSA) is 83.6 Å². The van der Waals surface area contributed by atoms with Crippen LogP contribution in [0, 0.1) is 0 Å². The fourth-order valence-corrected chi connectivity index (χ4v) is 2.75. The molecule has 1 rings (SSSR count). The van der Waals surface area contributed by atoms with Gasteiger partial charge in [0.2, 0.25) is 0 Å². The van der Waals surface area contributed by atoms with E-state index in [2.05, 4.69) is 0 Å². The molecule has 16 heavy (non-hydrogen) atoms. The summed E-state index contributed by atoms with van der Waals surface area (Å²) in [6, 6.07) is -0.307. The predicted molar refractivity (Wildman–Crippen MR) is 63.8 cm³/mol. The van der Waals surface area contributed by atoms with Crippen molar-refractivity contribution < 1.29 is 14.3 Å². The Morgan fingerprint density at radius 2 is 2.00 bits per heavy atom. The van der Waals surface area contributed by atoms with Gasteiger partial charge in [0.1, 0.15) is 0 Å². The summed E-state index contributed by atoms with van der Waals surface area (Å²) < 4.78 is 11.2. The summed E-state index contributed by atoms with van der Waals surface area (Å²) in [5.74, 6) is 0. The summed E-state index contributed by atoms with van der Waals surface area (Å²) in [6.45, 7) is 1.61. The van der Waals surface area contributed by atoms with Gasteiger partial charge in [-0.05, 0) is 12.8 Å². The van der Waals surface area contributed by atoms with Crippen LogP contribution in [0.1, 0.15) is 32.1 Å². The number of nitrogens with zero attached hydrogens (tertiary/aromatic N) is 1. The zero-order valence-electron chi connectivity index (χ0n) is 9.76. The SMILES string of the molecule is CP(=O)(O)CCN(C(N)=O)C1CCCCC1. The Bertz CT molecular complexity index is 284. The molecule has 1 aliphatic carbocycles. The molecule has 1 atom stereocenters. The van der Waals surface area contributed by atoms with E-state index < -0.39 is 13.4 Å². The van der Waals surface area contributed by atoms with E-state index in [0.717, 1.165) is 25.7 Å². The van der Waals surface area contributed by atoms with Crippen LogP contribution >= 0.6 is 7.37 Å². The minimum absolute atomic E-state index is 0.131. The lowest BCUT2D eigenvalue weighted by Crippen LogP contribution is -2.45. The molecule has 0 heterocycles. The second kappa shape index (κ2) is 5.69. The molecule has 0 aromatic rings. The van der Waals surface area contributed by atoms with E-state index in [1.807, 2.05) is 0 Å². The Hall–Kier alpha value is -0.540. The number of carbonyl (C=O) groups excluding carboxylic acids is 1. The van der Waals surface area contributed by atoms with E-state index in [0.29, 0.717) is 6.54 Å². The van der Waals surface area contributed by atoms with Crippen molar-refractivity contribution in [3.63, 3.8) is 0 Å². The van der Waals surface area contributed by atoms with Gasteiger partial charge in [-0.15, -0.1) is 0 Å². The van der Waals surface area contributed by atoms with Gasteiger partial charge in [-0.3, -0.25) is 4.57 Å². The molecule has 3 N–H and O–H groups in total. The van der Waals surface area contributed by atoms with E-state index in [1.54, 1.807) is 4.90 Å². The Labute approximate surface area is 96.4 Å². The molecule has 0 aromatic heterocycles. The third-order valence-corrected chi connectivity index (χ3v) is 4.08. The van der Waals surface area contributed by atoms with Gasteiger partial charge in [0, 0.05) is 25.4 Å². The number of nitrogens with two attached hydrogens (primary N) is 1. The summed E-state index contributed by atoms with van der Waals surface area (Å²) in [5.41, 5.74) is 5.31. The number of hydrogen-bond acceptors (Lipinski definition) is 2. The normalized spacial score (nSPS) is 21.4. The number of primary amides is 1. The third-order valence-electron chi connectivity index (χ3n) is 3.05. The molecule has 0 spiro atoms. The molecule has 5 nitrogen and oxygen atoms in total. The van der Waals surface area contributed by atoms with E-state index in [-0.39, 0.29) is 12.2 Å². The molecule has 0 bridgehead atoms. The van der Waals surface area contributed by atoms with Crippen molar-refractivity contribution in [3.8, 4) is 0 Å². The predicted octanol–water partition coefficient (Wildman–Crippen LogP) is 1.60. The molecule has 6 heteroatoms. The lowest BCUT2D eigenvalue weighted by atomic mass is 9.94. The molecule has 0 aliphatic heterocycles. The maximum atomic E-state index is 11.3. The average molecular weight is 248 g/mol. The van der Waals surface area contributed by atoms with Gasteiger partial charge in [-0.25, -0.2) is 4.79 Å². The summed E-state index contributed by atoms with van der Waals surface area (Å²) in [7, 11) is -3.06. The van der Waals surface area contributed by atoms with E-state index in [4.69, 9.17) is 5.73 Å². The second-order valence-corrected chi connectivity index (χ2v) is 7.15. The summed E-state index contributed by atoms with van der Waals surface area (Å²) in [5, 5.41) is 0. The zero-order chi connectivity index (χ0) is 12.2. The van der Waals surface area contributed by atoms with Gasteiger partial charge in [0.25, 0.3) is 0 Å². The van der Waals surface area contributed by atoms with Crippen LogP contribution in [-0.2, 0) is 4.57 Å². The first kappa shape index (κ1) is 13.5. The lowest BCUT2D eigenvalue weighted by Gasteiger charge is -2.33. The van der Waals surface area contributed by atoms with E-state index >= 15 is 0 Å². The number of hydrogen-bond donors (Lipinski definition) is 2. The molecular formula is C10H21N2O3P. The zero-order valence-corrected chi connectivity index (χ0v) is 10.7. The average Bonchev–Trinajstić information content (AvgIpc) is 2.17. The molecule has 0 radical (unpaired) electrons. The van der Waals surface area contributed by atoms with Crippen LogP contribution < -0.4 is 5.73 Å². The van der Waals surface area contributed by atoms with Crippen molar-refractivity contribution in [2.75, 3.05) is 19.4 Å². The minimum atomic E-state index is -3.06. The molecule has 1 saturated carbocycles. The Morgan fingerprint density at radius 3 is 2.44 bits per heavy atom. The van der Waals surface area contributed by atoms with Crippen LogP contribution in [-0.4, -0.2) is 41.2 Å². The van der Waals surface area contributed by atoms with Gasteiger partial charge in [0.05, 0.1) is 0 Å². The quantitative estimate of drug-likeness (QED) is 0.741. The molecule has 0 saturated heterocycles. The highest BCUT2D eigenvalue weighted by Gasteiger charge is 2.25. The summed E-state index contributed by atoms with van der Waals surface area (Å²) >= 11 is 0. The Morgan fingerprint density at radius 1 is 1.44 bits per heavy atom. The lowest BCUT2D eigenvalue weighted by molar-refractivity contribution is 0.168. The number of urea groups is 1. The number of rotatable bonds is 4. The smallest absolute Gasteiger partial charge is 0.315 e. The van der Waals surface area contributed by atoms with Crippen molar-refractivity contribution in [1.82, 2.24) is 4.90 Å². The fraction of sp³-hybridized carbons (Fsp3) is 0.900. The van der Waals surface area contributed by atoms with Crippen molar-refractivity contribution in [1.29, 1.82) is 0 Å². The fourth-order valence-electron chi connectivity index (χ4n) is 2.16. The molecule has 2 amide bonds. The van der Waals surface area contributed by atoms with Gasteiger partial charge < -0.3 is 15.5 Å². The van der Waals surface area contributed by atoms with Crippen molar-refractivity contribution in [2.24, 2.45) is 5.73 Å². The van der Waals surface area contributed by atoms with Gasteiger partial charge in [-0.2, -0.15) is 0 Å². The molecule has 1 fully saturated rings. The van der Waals surface area contributed by atoms with Crippen molar-refractivity contribution >= 4 is 13.4 Å². The van der Waals surface area contributed by atoms with Crippen molar-refractivity contribution in [2.45, 2.75) is 38.1 Å². The monoisotopic (exact) mass is 248 g/mol. The molecule has 94 valence electrons. The van der Waals surface area contributed by atoms with Crippen LogP contribution in [0.15, 0.2) is 0 Å². The van der Waals surface area contributed by atoms with E-state index in [9.17, 15) is 14.3 Å². The van der Waals surface area contributed by atoms with Crippen LogP contribution in [0.2, 0.25) is 0 Å². The largest absolute Gasteiger partial charge is 0.351 e. The molecule has 0 aromatic carbocycles. The maximum Gasteiger partial charge on any atom is 0.315 e.